The SMILES string of the molecule is CCCC(CCC)(c1ccc2c(c1)c1ncccc1n2-c1ccc2oc3c(-c4cccc(C(CC)(CC)n5c6cccnc6c6ncccc65)n4)cc(-c4ncccn4)cc3c2c1)c1ccccn1. The molecular formula is C59H51N9O. The number of hydrogen-bond acceptors (Lipinski definition) is 8. The first-order valence-electron chi connectivity index (χ1n) is 24.3. The number of hydrogen-bond donors (Lipinski definition) is 0. The van der Waals surface area contributed by atoms with Crippen molar-refractivity contribution in [3.8, 4) is 28.3 Å². The Morgan fingerprint density at radius 1 is 0.507 bits per heavy atom. The van der Waals surface area contributed by atoms with E-state index in [1.54, 1.807) is 12.4 Å². The van der Waals surface area contributed by atoms with Crippen LogP contribution in [0.15, 0.2) is 169 Å². The molecule has 0 fully saturated rings. The lowest BCUT2D eigenvalue weighted by molar-refractivity contribution is 0.338. The van der Waals surface area contributed by atoms with Crippen LogP contribution in [0, 0.1) is 0 Å². The van der Waals surface area contributed by atoms with E-state index < -0.39 is 5.54 Å². The van der Waals surface area contributed by atoms with E-state index in [1.165, 1.54) is 5.56 Å². The molecule has 0 aliphatic carbocycles. The number of furan rings is 1. The molecule has 0 N–H and O–H groups in total. The molecule has 0 saturated heterocycles. The Bertz CT molecular complexity index is 3810. The highest BCUT2D eigenvalue weighted by Crippen LogP contribution is 2.45. The molecule has 12 rings (SSSR count). The Kier molecular flexibility index (Phi) is 10.3. The summed E-state index contributed by atoms with van der Waals surface area (Å²) in [6, 6.07) is 44.8. The van der Waals surface area contributed by atoms with E-state index in [9.17, 15) is 0 Å². The first-order chi connectivity index (χ1) is 34.0. The van der Waals surface area contributed by atoms with Crippen LogP contribution in [0.1, 0.15) is 83.2 Å². The fourth-order valence-corrected chi connectivity index (χ4v) is 11.5. The average Bonchev–Trinajstić information content (AvgIpc) is 4.07. The minimum absolute atomic E-state index is 0.211. The molecule has 0 saturated carbocycles. The molecular weight excluding hydrogens is 851 g/mol. The van der Waals surface area contributed by atoms with E-state index >= 15 is 0 Å². The number of fused-ring (bicyclic) bond motifs is 9. The van der Waals surface area contributed by atoms with Crippen LogP contribution in [-0.2, 0) is 11.0 Å². The fourth-order valence-electron chi connectivity index (χ4n) is 11.5. The van der Waals surface area contributed by atoms with Crippen LogP contribution in [0.4, 0.5) is 0 Å². The van der Waals surface area contributed by atoms with Crippen molar-refractivity contribution >= 4 is 65.9 Å². The zero-order chi connectivity index (χ0) is 46.7. The number of benzene rings is 3. The van der Waals surface area contributed by atoms with Crippen molar-refractivity contribution < 1.29 is 4.42 Å². The zero-order valence-corrected chi connectivity index (χ0v) is 39.3. The normalized spacial score (nSPS) is 12.4. The Balaban J connectivity index is 1.05. The third kappa shape index (κ3) is 6.56. The second kappa shape index (κ2) is 16.9. The van der Waals surface area contributed by atoms with Crippen LogP contribution in [-0.4, -0.2) is 44.0 Å². The van der Waals surface area contributed by atoms with Crippen molar-refractivity contribution in [2.24, 2.45) is 0 Å². The average molecular weight is 902 g/mol. The molecule has 0 bridgehead atoms. The molecule has 10 nitrogen and oxygen atoms in total. The van der Waals surface area contributed by atoms with E-state index in [0.29, 0.717) is 5.82 Å². The van der Waals surface area contributed by atoms with Crippen molar-refractivity contribution in [2.75, 3.05) is 0 Å². The molecule has 0 unspecified atom stereocenters. The smallest absolute Gasteiger partial charge is 0.159 e. The minimum atomic E-state index is -0.506. The van der Waals surface area contributed by atoms with Crippen LogP contribution in [0.25, 0.3) is 94.3 Å². The monoisotopic (exact) mass is 901 g/mol. The summed E-state index contributed by atoms with van der Waals surface area (Å²) in [5, 5.41) is 3.06. The molecule has 10 heteroatoms. The van der Waals surface area contributed by atoms with Crippen molar-refractivity contribution in [1.82, 2.24) is 44.0 Å². The molecule has 69 heavy (non-hydrogen) atoms. The standard InChI is InChI=1S/C59H51N9O/c1-5-26-58(27-6-2,51-20-9-10-28-60-51)39-22-24-46-44(36-39)53-47(17-12-29-61-53)67(46)40-23-25-50-41(37-40)42-34-38(57-64-32-15-33-65-57)35-43(56(42)69-50)45-16-11-21-52(66-45)59(7-3,8-4)68-48-18-13-30-62-54(48)55-49(68)19-14-31-63-55/h9-25,28-37H,5-8,26-27H2,1-4H3. The van der Waals surface area contributed by atoms with E-state index in [-0.39, 0.29) is 5.41 Å². The zero-order valence-electron chi connectivity index (χ0n) is 39.3. The highest BCUT2D eigenvalue weighted by Gasteiger charge is 2.37. The summed E-state index contributed by atoms with van der Waals surface area (Å²) in [7, 11) is 0. The molecule has 0 aliphatic rings. The summed E-state index contributed by atoms with van der Waals surface area (Å²) in [4.78, 5) is 34.7. The van der Waals surface area contributed by atoms with Crippen molar-refractivity contribution in [2.45, 2.75) is 77.2 Å². The summed E-state index contributed by atoms with van der Waals surface area (Å²) in [6.07, 6.45) is 16.8. The van der Waals surface area contributed by atoms with Crippen molar-refractivity contribution in [1.29, 1.82) is 0 Å². The highest BCUT2D eigenvalue weighted by molar-refractivity contribution is 6.13. The Morgan fingerprint density at radius 2 is 1.19 bits per heavy atom. The van der Waals surface area contributed by atoms with Crippen LogP contribution < -0.4 is 0 Å². The summed E-state index contributed by atoms with van der Waals surface area (Å²) in [5.41, 5.74) is 14.7. The molecule has 0 aliphatic heterocycles. The summed E-state index contributed by atoms with van der Waals surface area (Å²) < 4.78 is 11.7. The van der Waals surface area contributed by atoms with Crippen LogP contribution >= 0.6 is 0 Å². The maximum absolute atomic E-state index is 6.95. The maximum Gasteiger partial charge on any atom is 0.159 e. The van der Waals surface area contributed by atoms with E-state index in [2.05, 4.69) is 134 Å². The summed E-state index contributed by atoms with van der Waals surface area (Å²) in [6.45, 7) is 9.03. The second-order valence-electron chi connectivity index (χ2n) is 18.2. The van der Waals surface area contributed by atoms with Gasteiger partial charge in [-0.15, -0.1) is 0 Å². The molecule has 0 atom stereocenters. The van der Waals surface area contributed by atoms with Gasteiger partial charge >= 0.3 is 0 Å². The van der Waals surface area contributed by atoms with Gasteiger partial charge < -0.3 is 13.6 Å². The number of aromatic nitrogens is 9. The lowest BCUT2D eigenvalue weighted by Gasteiger charge is -2.35. The third-order valence-electron chi connectivity index (χ3n) is 14.6. The van der Waals surface area contributed by atoms with E-state index in [1.807, 2.05) is 55.1 Å². The first kappa shape index (κ1) is 42.3. The van der Waals surface area contributed by atoms with Gasteiger partial charge in [0.2, 0.25) is 0 Å². The molecule has 9 aromatic heterocycles. The molecule has 0 amide bonds. The maximum atomic E-state index is 6.95. The summed E-state index contributed by atoms with van der Waals surface area (Å²) in [5.74, 6) is 0.626. The van der Waals surface area contributed by atoms with Gasteiger partial charge in [-0.25, -0.2) is 9.97 Å². The van der Waals surface area contributed by atoms with Gasteiger partial charge in [0.05, 0.1) is 50.2 Å². The number of nitrogens with zero attached hydrogens (tertiary/aromatic N) is 9. The molecule has 3 aromatic carbocycles. The molecule has 0 spiro atoms. The predicted molar refractivity (Wildman–Crippen MR) is 278 cm³/mol. The van der Waals surface area contributed by atoms with E-state index in [0.717, 1.165) is 138 Å². The van der Waals surface area contributed by atoms with Crippen LogP contribution in [0.5, 0.6) is 0 Å². The van der Waals surface area contributed by atoms with Crippen LogP contribution in [0.3, 0.4) is 0 Å². The third-order valence-corrected chi connectivity index (χ3v) is 14.6. The van der Waals surface area contributed by atoms with Crippen LogP contribution in [0.2, 0.25) is 0 Å². The predicted octanol–water partition coefficient (Wildman–Crippen LogP) is 14.3. The highest BCUT2D eigenvalue weighted by atomic mass is 16.3. The number of rotatable bonds is 13. The summed E-state index contributed by atoms with van der Waals surface area (Å²) >= 11 is 0. The Labute approximate surface area is 399 Å². The van der Waals surface area contributed by atoms with Gasteiger partial charge in [-0.1, -0.05) is 58.7 Å². The van der Waals surface area contributed by atoms with Gasteiger partial charge in [0.25, 0.3) is 0 Å². The first-order valence-corrected chi connectivity index (χ1v) is 24.3. The van der Waals surface area contributed by atoms with Crippen molar-refractivity contribution in [3.63, 3.8) is 0 Å². The fraction of sp³-hybridized carbons (Fsp3) is 0.203. The lowest BCUT2D eigenvalue weighted by atomic mass is 9.70. The molecule has 9 heterocycles. The van der Waals surface area contributed by atoms with Gasteiger partial charge in [-0.3, -0.25) is 24.9 Å². The van der Waals surface area contributed by atoms with Gasteiger partial charge in [0, 0.05) is 75.6 Å². The Hall–Kier alpha value is -8.11. The largest absolute Gasteiger partial charge is 0.455 e. The number of pyridine rings is 5. The molecule has 12 aromatic rings. The minimum Gasteiger partial charge on any atom is -0.455 e. The van der Waals surface area contributed by atoms with Gasteiger partial charge in [-0.2, -0.15) is 0 Å². The second-order valence-corrected chi connectivity index (χ2v) is 18.2. The van der Waals surface area contributed by atoms with E-state index in [4.69, 9.17) is 39.3 Å². The van der Waals surface area contributed by atoms with Gasteiger partial charge in [0.15, 0.2) is 5.82 Å². The topological polar surface area (TPSA) is 113 Å². The lowest BCUT2D eigenvalue weighted by Crippen LogP contribution is -2.34. The van der Waals surface area contributed by atoms with Gasteiger partial charge in [0.1, 0.15) is 22.2 Å². The molecule has 338 valence electrons. The Morgan fingerprint density at radius 3 is 1.88 bits per heavy atom. The van der Waals surface area contributed by atoms with Gasteiger partial charge in [-0.05, 0) is 140 Å². The quantitative estimate of drug-likeness (QED) is 0.112. The molecule has 0 radical (unpaired) electrons. The van der Waals surface area contributed by atoms with Crippen molar-refractivity contribution in [3.05, 3.63) is 182 Å².